The Morgan fingerprint density at radius 3 is 2.41 bits per heavy atom. The van der Waals surface area contributed by atoms with Gasteiger partial charge < -0.3 is 9.47 Å². The molecule has 1 fully saturated rings. The Morgan fingerprint density at radius 1 is 1.23 bits per heavy atom. The normalized spacial score (nSPS) is 18.8. The standard InChI is InChI=1S/C14H25N3O5/c1-9(2)11(18)15-16-12(19)10-8-21-7-6-17(10)13(20)22-14(3,4)5/h9-10H,6-8H2,1-5H3,(H,15,18)(H,16,19). The number of ether oxygens (including phenoxy) is 2. The van der Waals surface area contributed by atoms with Crippen molar-refractivity contribution >= 4 is 17.9 Å². The molecule has 2 N–H and O–H groups in total. The Hall–Kier alpha value is -1.83. The van der Waals surface area contributed by atoms with Crippen molar-refractivity contribution in [3.8, 4) is 0 Å². The lowest BCUT2D eigenvalue weighted by molar-refractivity contribution is -0.137. The minimum Gasteiger partial charge on any atom is -0.444 e. The zero-order valence-electron chi connectivity index (χ0n) is 13.8. The monoisotopic (exact) mass is 315 g/mol. The second-order valence-electron chi connectivity index (χ2n) is 6.40. The Balaban J connectivity index is 2.66. The number of hydrazine groups is 1. The van der Waals surface area contributed by atoms with Crippen LogP contribution in [0.2, 0.25) is 0 Å². The highest BCUT2D eigenvalue weighted by Gasteiger charge is 2.35. The van der Waals surface area contributed by atoms with Gasteiger partial charge in [-0.3, -0.25) is 25.3 Å². The van der Waals surface area contributed by atoms with Gasteiger partial charge in [0, 0.05) is 12.5 Å². The number of amides is 3. The van der Waals surface area contributed by atoms with E-state index >= 15 is 0 Å². The van der Waals surface area contributed by atoms with E-state index in [0.29, 0.717) is 6.61 Å². The first-order valence-electron chi connectivity index (χ1n) is 7.29. The zero-order chi connectivity index (χ0) is 16.9. The quantitative estimate of drug-likeness (QED) is 0.720. The molecule has 0 aromatic heterocycles. The summed E-state index contributed by atoms with van der Waals surface area (Å²) in [6, 6.07) is -0.837. The molecule has 0 saturated carbocycles. The van der Waals surface area contributed by atoms with Crippen LogP contribution in [0.5, 0.6) is 0 Å². The van der Waals surface area contributed by atoms with E-state index in [-0.39, 0.29) is 25.0 Å². The fourth-order valence-electron chi connectivity index (χ4n) is 1.71. The zero-order valence-corrected chi connectivity index (χ0v) is 13.8. The molecular weight excluding hydrogens is 290 g/mol. The van der Waals surface area contributed by atoms with Crippen LogP contribution in [0.1, 0.15) is 34.6 Å². The van der Waals surface area contributed by atoms with Gasteiger partial charge in [0.05, 0.1) is 13.2 Å². The number of rotatable bonds is 2. The molecule has 0 bridgehead atoms. The number of hydrogen-bond donors (Lipinski definition) is 2. The van der Waals surface area contributed by atoms with E-state index in [0.717, 1.165) is 0 Å². The molecule has 3 amide bonds. The highest BCUT2D eigenvalue weighted by molar-refractivity contribution is 5.88. The molecule has 1 saturated heterocycles. The van der Waals surface area contributed by atoms with E-state index in [4.69, 9.17) is 9.47 Å². The van der Waals surface area contributed by atoms with Crippen LogP contribution < -0.4 is 10.9 Å². The minimum absolute atomic E-state index is 0.0582. The second-order valence-corrected chi connectivity index (χ2v) is 6.40. The lowest BCUT2D eigenvalue weighted by Gasteiger charge is -2.35. The van der Waals surface area contributed by atoms with E-state index in [1.165, 1.54) is 4.90 Å². The third-order valence-electron chi connectivity index (χ3n) is 2.89. The average molecular weight is 315 g/mol. The molecular formula is C14H25N3O5. The summed E-state index contributed by atoms with van der Waals surface area (Å²) in [5.41, 5.74) is 3.98. The molecule has 1 rings (SSSR count). The summed E-state index contributed by atoms with van der Waals surface area (Å²) in [4.78, 5) is 37.1. The van der Waals surface area contributed by atoms with Crippen LogP contribution in [0.25, 0.3) is 0 Å². The summed E-state index contributed by atoms with van der Waals surface area (Å²) in [7, 11) is 0. The van der Waals surface area contributed by atoms with Gasteiger partial charge in [0.15, 0.2) is 0 Å². The van der Waals surface area contributed by atoms with E-state index in [1.807, 2.05) is 0 Å². The van der Waals surface area contributed by atoms with Gasteiger partial charge in [-0.1, -0.05) is 13.8 Å². The van der Waals surface area contributed by atoms with E-state index < -0.39 is 23.6 Å². The largest absolute Gasteiger partial charge is 0.444 e. The molecule has 126 valence electrons. The lowest BCUT2D eigenvalue weighted by Crippen LogP contribution is -2.59. The topological polar surface area (TPSA) is 97.0 Å². The fourth-order valence-corrected chi connectivity index (χ4v) is 1.71. The van der Waals surface area contributed by atoms with Crippen molar-refractivity contribution in [2.75, 3.05) is 19.8 Å². The van der Waals surface area contributed by atoms with Gasteiger partial charge in [-0.05, 0) is 20.8 Å². The number of morpholine rings is 1. The summed E-state index contributed by atoms with van der Waals surface area (Å²) in [5, 5.41) is 0. The van der Waals surface area contributed by atoms with Crippen molar-refractivity contribution in [2.24, 2.45) is 5.92 Å². The number of carbonyl (C=O) groups is 3. The minimum atomic E-state index is -0.837. The first kappa shape index (κ1) is 18.2. The van der Waals surface area contributed by atoms with Crippen molar-refractivity contribution < 1.29 is 23.9 Å². The summed E-state index contributed by atoms with van der Waals surface area (Å²) in [6.45, 7) is 9.32. The first-order valence-corrected chi connectivity index (χ1v) is 7.29. The molecule has 0 aliphatic carbocycles. The Labute approximate surface area is 130 Å². The van der Waals surface area contributed by atoms with Crippen LogP contribution in [0.3, 0.4) is 0 Å². The molecule has 1 aliphatic rings. The van der Waals surface area contributed by atoms with Gasteiger partial charge in [-0.2, -0.15) is 0 Å². The fraction of sp³-hybridized carbons (Fsp3) is 0.786. The van der Waals surface area contributed by atoms with Gasteiger partial charge in [-0.25, -0.2) is 4.79 Å². The lowest BCUT2D eigenvalue weighted by atomic mass is 10.2. The Morgan fingerprint density at radius 2 is 1.86 bits per heavy atom. The molecule has 8 nitrogen and oxygen atoms in total. The van der Waals surface area contributed by atoms with Gasteiger partial charge in [-0.15, -0.1) is 0 Å². The second kappa shape index (κ2) is 7.44. The van der Waals surface area contributed by atoms with E-state index in [9.17, 15) is 14.4 Å². The highest BCUT2D eigenvalue weighted by Crippen LogP contribution is 2.14. The van der Waals surface area contributed by atoms with Crippen molar-refractivity contribution in [3.05, 3.63) is 0 Å². The van der Waals surface area contributed by atoms with Crippen molar-refractivity contribution in [2.45, 2.75) is 46.3 Å². The summed E-state index contributed by atoms with van der Waals surface area (Å²) < 4.78 is 10.5. The molecule has 1 atom stereocenters. The van der Waals surface area contributed by atoms with Gasteiger partial charge in [0.1, 0.15) is 11.6 Å². The average Bonchev–Trinajstić information content (AvgIpc) is 2.42. The molecule has 1 aliphatic heterocycles. The summed E-state index contributed by atoms with van der Waals surface area (Å²) >= 11 is 0. The van der Waals surface area contributed by atoms with Gasteiger partial charge in [0.2, 0.25) is 5.91 Å². The number of nitrogens with zero attached hydrogens (tertiary/aromatic N) is 1. The summed E-state index contributed by atoms with van der Waals surface area (Å²) in [5.74, 6) is -1.08. The van der Waals surface area contributed by atoms with Crippen LogP contribution in [0.15, 0.2) is 0 Å². The van der Waals surface area contributed by atoms with Crippen LogP contribution in [0, 0.1) is 5.92 Å². The maximum absolute atomic E-state index is 12.2. The van der Waals surface area contributed by atoms with E-state index in [1.54, 1.807) is 34.6 Å². The number of carbonyl (C=O) groups excluding carboxylic acids is 3. The number of hydrogen-bond acceptors (Lipinski definition) is 5. The predicted molar refractivity (Wildman–Crippen MR) is 78.7 cm³/mol. The van der Waals surface area contributed by atoms with Gasteiger partial charge in [0.25, 0.3) is 5.91 Å². The molecule has 8 heteroatoms. The molecule has 1 heterocycles. The third-order valence-corrected chi connectivity index (χ3v) is 2.89. The van der Waals surface area contributed by atoms with Crippen LogP contribution in [-0.2, 0) is 19.1 Å². The maximum Gasteiger partial charge on any atom is 0.411 e. The Bertz CT molecular complexity index is 431. The first-order chi connectivity index (χ1) is 10.1. The third kappa shape index (κ3) is 5.51. The molecule has 0 aromatic carbocycles. The van der Waals surface area contributed by atoms with Crippen molar-refractivity contribution in [3.63, 3.8) is 0 Å². The maximum atomic E-state index is 12.2. The molecule has 22 heavy (non-hydrogen) atoms. The number of nitrogens with one attached hydrogen (secondary N) is 2. The van der Waals surface area contributed by atoms with Gasteiger partial charge >= 0.3 is 6.09 Å². The predicted octanol–water partition coefficient (Wildman–Crippen LogP) is 0.426. The molecule has 0 radical (unpaired) electrons. The summed E-state index contributed by atoms with van der Waals surface area (Å²) in [6.07, 6.45) is -0.578. The van der Waals surface area contributed by atoms with Crippen molar-refractivity contribution in [1.29, 1.82) is 0 Å². The molecule has 0 aromatic rings. The molecule has 1 unspecified atom stereocenters. The van der Waals surface area contributed by atoms with Crippen molar-refractivity contribution in [1.82, 2.24) is 15.8 Å². The molecule has 0 spiro atoms. The van der Waals surface area contributed by atoms with Crippen LogP contribution in [0.4, 0.5) is 4.79 Å². The Kier molecular flexibility index (Phi) is 6.16. The smallest absolute Gasteiger partial charge is 0.411 e. The van der Waals surface area contributed by atoms with Crippen LogP contribution in [-0.4, -0.2) is 54.2 Å². The van der Waals surface area contributed by atoms with Crippen LogP contribution >= 0.6 is 0 Å². The highest BCUT2D eigenvalue weighted by atomic mass is 16.6. The SMILES string of the molecule is CC(C)C(=O)NNC(=O)C1COCCN1C(=O)OC(C)(C)C. The van der Waals surface area contributed by atoms with E-state index in [2.05, 4.69) is 10.9 Å².